The highest BCUT2D eigenvalue weighted by molar-refractivity contribution is 7.89. The molecule has 0 radical (unpaired) electrons. The maximum absolute atomic E-state index is 13.2. The summed E-state index contributed by atoms with van der Waals surface area (Å²) >= 11 is 0. The standard InChI is InChI=1S/C20H21N5O4S/c21-19-9-13(3-5-22-19)16-11-23-24-20(16)14-4-6-25(12-14)30(26,27)15-1-2-17-18(10-15)29-8-7-28-17/h1-3,5,9-11,14H,4,6-8,12H2,(H2,21,22)(H,23,24). The highest BCUT2D eigenvalue weighted by atomic mass is 32.2. The van der Waals surface area contributed by atoms with Crippen LogP contribution in [0.1, 0.15) is 18.0 Å². The summed E-state index contributed by atoms with van der Waals surface area (Å²) in [7, 11) is -3.65. The Morgan fingerprint density at radius 2 is 1.97 bits per heavy atom. The van der Waals surface area contributed by atoms with Gasteiger partial charge in [-0.25, -0.2) is 13.4 Å². The number of ether oxygens (including phenoxy) is 2. The number of H-pyrrole nitrogens is 1. The Hall–Kier alpha value is -3.11. The number of benzene rings is 1. The minimum atomic E-state index is -3.65. The molecule has 2 aromatic heterocycles. The molecule has 5 rings (SSSR count). The van der Waals surface area contributed by atoms with Crippen molar-refractivity contribution in [2.75, 3.05) is 32.0 Å². The number of rotatable bonds is 4. The van der Waals surface area contributed by atoms with Crippen LogP contribution in [0.25, 0.3) is 11.1 Å². The predicted molar refractivity (Wildman–Crippen MR) is 110 cm³/mol. The van der Waals surface area contributed by atoms with E-state index in [1.807, 2.05) is 6.07 Å². The number of nitrogens with zero attached hydrogens (tertiary/aromatic N) is 3. The normalized spacial score (nSPS) is 19.1. The Balaban J connectivity index is 1.40. The number of hydrogen-bond donors (Lipinski definition) is 2. The van der Waals surface area contributed by atoms with Crippen LogP contribution in [0.15, 0.2) is 47.6 Å². The number of nitrogens with one attached hydrogen (secondary N) is 1. The third-order valence-corrected chi connectivity index (χ3v) is 7.33. The van der Waals surface area contributed by atoms with Gasteiger partial charge in [0.1, 0.15) is 19.0 Å². The van der Waals surface area contributed by atoms with E-state index >= 15 is 0 Å². The van der Waals surface area contributed by atoms with Gasteiger partial charge >= 0.3 is 0 Å². The molecule has 0 spiro atoms. The minimum Gasteiger partial charge on any atom is -0.486 e. The van der Waals surface area contributed by atoms with E-state index < -0.39 is 10.0 Å². The zero-order valence-electron chi connectivity index (χ0n) is 16.1. The van der Waals surface area contributed by atoms with E-state index in [2.05, 4.69) is 15.2 Å². The number of sulfonamides is 1. The summed E-state index contributed by atoms with van der Waals surface area (Å²) < 4.78 is 39.0. The minimum absolute atomic E-state index is 0.00359. The van der Waals surface area contributed by atoms with Gasteiger partial charge in [0, 0.05) is 42.5 Å². The number of nitrogens with two attached hydrogens (primary N) is 1. The molecule has 9 nitrogen and oxygen atoms in total. The lowest BCUT2D eigenvalue weighted by molar-refractivity contribution is 0.171. The maximum atomic E-state index is 13.2. The third kappa shape index (κ3) is 3.27. The Bertz CT molecular complexity index is 1190. The summed E-state index contributed by atoms with van der Waals surface area (Å²) in [6, 6.07) is 8.40. The van der Waals surface area contributed by atoms with Gasteiger partial charge < -0.3 is 15.2 Å². The molecule has 1 aromatic carbocycles. The topological polar surface area (TPSA) is 123 Å². The number of anilines is 1. The van der Waals surface area contributed by atoms with Crippen LogP contribution in [-0.2, 0) is 10.0 Å². The number of aromatic nitrogens is 3. The van der Waals surface area contributed by atoms with Gasteiger partial charge in [-0.2, -0.15) is 9.40 Å². The summed E-state index contributed by atoms with van der Waals surface area (Å²) in [5.41, 5.74) is 8.53. The first-order valence-electron chi connectivity index (χ1n) is 9.67. The van der Waals surface area contributed by atoms with Crippen molar-refractivity contribution in [3.05, 3.63) is 48.4 Å². The van der Waals surface area contributed by atoms with Crippen molar-refractivity contribution in [1.29, 1.82) is 0 Å². The summed E-state index contributed by atoms with van der Waals surface area (Å²) in [5, 5.41) is 7.23. The molecule has 1 unspecified atom stereocenters. The Morgan fingerprint density at radius 3 is 2.80 bits per heavy atom. The molecule has 0 bridgehead atoms. The summed E-state index contributed by atoms with van der Waals surface area (Å²) in [5.74, 6) is 1.46. The second-order valence-corrected chi connectivity index (χ2v) is 9.26. The lowest BCUT2D eigenvalue weighted by Gasteiger charge is -2.21. The monoisotopic (exact) mass is 427 g/mol. The van der Waals surface area contributed by atoms with Crippen molar-refractivity contribution in [1.82, 2.24) is 19.5 Å². The molecule has 0 aliphatic carbocycles. The molecule has 30 heavy (non-hydrogen) atoms. The average molecular weight is 427 g/mol. The van der Waals surface area contributed by atoms with Crippen molar-refractivity contribution in [3.63, 3.8) is 0 Å². The van der Waals surface area contributed by atoms with Crippen LogP contribution in [0.4, 0.5) is 5.82 Å². The second kappa shape index (κ2) is 7.29. The van der Waals surface area contributed by atoms with Crippen LogP contribution in [0, 0.1) is 0 Å². The molecule has 3 aromatic rings. The molecule has 1 atom stereocenters. The third-order valence-electron chi connectivity index (χ3n) is 5.47. The van der Waals surface area contributed by atoms with E-state index in [-0.39, 0.29) is 10.8 Å². The van der Waals surface area contributed by atoms with Crippen molar-refractivity contribution >= 4 is 15.8 Å². The van der Waals surface area contributed by atoms with Crippen molar-refractivity contribution in [2.45, 2.75) is 17.2 Å². The zero-order chi connectivity index (χ0) is 20.7. The lowest BCUT2D eigenvalue weighted by atomic mass is 9.97. The predicted octanol–water partition coefficient (Wildman–Crippen LogP) is 2.00. The molecule has 10 heteroatoms. The molecule has 0 amide bonds. The van der Waals surface area contributed by atoms with Crippen LogP contribution in [0.5, 0.6) is 11.5 Å². The van der Waals surface area contributed by atoms with Crippen molar-refractivity contribution < 1.29 is 17.9 Å². The van der Waals surface area contributed by atoms with E-state index in [1.165, 1.54) is 4.31 Å². The Morgan fingerprint density at radius 1 is 1.13 bits per heavy atom. The van der Waals surface area contributed by atoms with E-state index in [1.54, 1.807) is 36.7 Å². The van der Waals surface area contributed by atoms with E-state index in [9.17, 15) is 8.42 Å². The summed E-state index contributed by atoms with van der Waals surface area (Å²) in [6.45, 7) is 1.66. The summed E-state index contributed by atoms with van der Waals surface area (Å²) in [4.78, 5) is 4.23. The number of fused-ring (bicyclic) bond motifs is 1. The molecule has 1 saturated heterocycles. The van der Waals surface area contributed by atoms with Crippen molar-refractivity contribution in [2.24, 2.45) is 0 Å². The van der Waals surface area contributed by atoms with Gasteiger partial charge in [0.25, 0.3) is 0 Å². The first kappa shape index (κ1) is 18.9. The van der Waals surface area contributed by atoms with Gasteiger partial charge in [0.05, 0.1) is 11.1 Å². The molecular formula is C20H21N5O4S. The largest absolute Gasteiger partial charge is 0.486 e. The van der Waals surface area contributed by atoms with Crippen molar-refractivity contribution in [3.8, 4) is 22.6 Å². The Kier molecular flexibility index (Phi) is 4.59. The van der Waals surface area contributed by atoms with Gasteiger partial charge in [-0.05, 0) is 36.2 Å². The van der Waals surface area contributed by atoms with Gasteiger partial charge in [0.2, 0.25) is 10.0 Å². The first-order chi connectivity index (χ1) is 14.5. The molecule has 4 heterocycles. The number of pyridine rings is 1. The zero-order valence-corrected chi connectivity index (χ0v) is 16.9. The molecule has 1 fully saturated rings. The lowest BCUT2D eigenvalue weighted by Crippen LogP contribution is -2.29. The van der Waals surface area contributed by atoms with Gasteiger partial charge in [-0.1, -0.05) is 0 Å². The fraction of sp³-hybridized carbons (Fsp3) is 0.300. The summed E-state index contributed by atoms with van der Waals surface area (Å²) in [6.07, 6.45) is 4.08. The fourth-order valence-electron chi connectivity index (χ4n) is 3.97. The second-order valence-electron chi connectivity index (χ2n) is 7.32. The Labute approximate surface area is 173 Å². The van der Waals surface area contributed by atoms with Crippen LogP contribution in [0.2, 0.25) is 0 Å². The highest BCUT2D eigenvalue weighted by Gasteiger charge is 2.35. The van der Waals surface area contributed by atoms with Crippen LogP contribution >= 0.6 is 0 Å². The first-order valence-corrected chi connectivity index (χ1v) is 11.1. The molecule has 0 saturated carbocycles. The van der Waals surface area contributed by atoms with E-state index in [0.717, 1.165) is 16.8 Å². The van der Waals surface area contributed by atoms with E-state index in [0.29, 0.717) is 50.0 Å². The molecule has 156 valence electrons. The number of aromatic amines is 1. The van der Waals surface area contributed by atoms with Gasteiger partial charge in [-0.15, -0.1) is 0 Å². The fourth-order valence-corrected chi connectivity index (χ4v) is 5.48. The molecule has 2 aliphatic rings. The molecular weight excluding hydrogens is 406 g/mol. The number of hydrogen-bond acceptors (Lipinski definition) is 7. The van der Waals surface area contributed by atoms with Gasteiger partial charge in [0.15, 0.2) is 11.5 Å². The maximum Gasteiger partial charge on any atom is 0.243 e. The smallest absolute Gasteiger partial charge is 0.243 e. The van der Waals surface area contributed by atoms with Crippen LogP contribution < -0.4 is 15.2 Å². The van der Waals surface area contributed by atoms with E-state index in [4.69, 9.17) is 15.2 Å². The van der Waals surface area contributed by atoms with Crippen LogP contribution in [-0.4, -0.2) is 54.2 Å². The van der Waals surface area contributed by atoms with Gasteiger partial charge in [-0.3, -0.25) is 5.10 Å². The average Bonchev–Trinajstić information content (AvgIpc) is 3.43. The number of nitrogen functional groups attached to an aromatic ring is 1. The SMILES string of the molecule is Nc1cc(-c2cn[nH]c2C2CCN(S(=O)(=O)c3ccc4c(c3)OCCO4)C2)ccn1. The molecule has 3 N–H and O–H groups in total. The quantitative estimate of drug-likeness (QED) is 0.653. The molecule has 2 aliphatic heterocycles. The highest BCUT2D eigenvalue weighted by Crippen LogP contribution is 2.37. The van der Waals surface area contributed by atoms with Crippen LogP contribution in [0.3, 0.4) is 0 Å².